The molecule has 1 unspecified atom stereocenters. The second kappa shape index (κ2) is 2.33. The van der Waals surface area contributed by atoms with Gasteiger partial charge in [-0.3, -0.25) is 10.1 Å². The first-order valence-electron chi connectivity index (χ1n) is 2.71. The summed E-state index contributed by atoms with van der Waals surface area (Å²) in [5.41, 5.74) is 0. The van der Waals surface area contributed by atoms with Crippen LogP contribution in [0.15, 0.2) is 0 Å². The van der Waals surface area contributed by atoms with E-state index >= 15 is 0 Å². The Morgan fingerprint density at radius 1 is 1.78 bits per heavy atom. The molecule has 1 aliphatic heterocycles. The van der Waals surface area contributed by atoms with Crippen LogP contribution in [0.25, 0.3) is 0 Å². The van der Waals surface area contributed by atoms with E-state index in [0.717, 1.165) is 0 Å². The number of β-amino-alcohol motifs (C(OH)–C–C–N with tert-alkyl or cyclic N) is 1. The third kappa shape index (κ3) is 1.40. The highest BCUT2D eigenvalue weighted by molar-refractivity contribution is 5.82. The predicted octanol–water partition coefficient (Wildman–Crippen LogP) is -1.04. The van der Waals surface area contributed by atoms with Crippen molar-refractivity contribution < 1.29 is 15.0 Å². The van der Waals surface area contributed by atoms with Gasteiger partial charge in [-0.1, -0.05) is 0 Å². The first kappa shape index (κ1) is 6.51. The van der Waals surface area contributed by atoms with E-state index in [1.165, 1.54) is 0 Å². The van der Waals surface area contributed by atoms with Crippen LogP contribution >= 0.6 is 0 Å². The molecule has 4 nitrogen and oxygen atoms in total. The van der Waals surface area contributed by atoms with Crippen molar-refractivity contribution >= 4 is 5.97 Å². The Balaban J connectivity index is 2.39. The Kier molecular flexibility index (Phi) is 1.68. The molecule has 1 heterocycles. The molecule has 4 heteroatoms. The van der Waals surface area contributed by atoms with Gasteiger partial charge in [-0.15, -0.1) is 0 Å². The zero-order valence-corrected chi connectivity index (χ0v) is 4.79. The van der Waals surface area contributed by atoms with Crippen molar-refractivity contribution in [1.29, 1.82) is 0 Å². The van der Waals surface area contributed by atoms with Gasteiger partial charge in [0, 0.05) is 13.0 Å². The Morgan fingerprint density at radius 2 is 2.44 bits per heavy atom. The van der Waals surface area contributed by atoms with Crippen LogP contribution in [-0.4, -0.2) is 28.8 Å². The van der Waals surface area contributed by atoms with E-state index in [1.807, 2.05) is 0 Å². The maximum atomic E-state index is 10.1. The second-order valence-corrected chi connectivity index (χ2v) is 2.02. The Hall–Kier alpha value is -0.610. The number of nitrogens with one attached hydrogen (secondary N) is 1. The van der Waals surface area contributed by atoms with Crippen molar-refractivity contribution in [3.05, 3.63) is 6.04 Å². The first-order chi connectivity index (χ1) is 4.20. The molecule has 1 aliphatic rings. The van der Waals surface area contributed by atoms with Gasteiger partial charge in [0.2, 0.25) is 0 Å². The minimum Gasteiger partial charge on any atom is -0.480 e. The second-order valence-electron chi connectivity index (χ2n) is 2.02. The highest BCUT2D eigenvalue weighted by Crippen LogP contribution is 2.12. The molecule has 0 aromatic rings. The summed E-state index contributed by atoms with van der Waals surface area (Å²) in [7, 11) is 0. The number of hydrogen-bond donors (Lipinski definition) is 3. The third-order valence-corrected chi connectivity index (χ3v) is 1.25. The molecule has 9 heavy (non-hydrogen) atoms. The van der Waals surface area contributed by atoms with Gasteiger partial charge < -0.3 is 10.2 Å². The van der Waals surface area contributed by atoms with Crippen molar-refractivity contribution in [2.24, 2.45) is 0 Å². The largest absolute Gasteiger partial charge is 0.480 e. The molecule has 1 saturated heterocycles. The number of carboxylic acid groups (broad SMARTS) is 1. The Morgan fingerprint density at radius 3 is 2.67 bits per heavy atom. The Labute approximate surface area is 52.5 Å². The summed E-state index contributed by atoms with van der Waals surface area (Å²) in [6.07, 6.45) is -0.272. The highest BCUT2D eigenvalue weighted by atomic mass is 16.4. The third-order valence-electron chi connectivity index (χ3n) is 1.25. The quantitative estimate of drug-likeness (QED) is 0.424. The van der Waals surface area contributed by atoms with Gasteiger partial charge >= 0.3 is 5.97 Å². The molecular weight excluding hydrogens is 122 g/mol. The number of rotatable bonds is 1. The summed E-state index contributed by atoms with van der Waals surface area (Å²) in [6, 6.07) is 0.211. The lowest BCUT2D eigenvalue weighted by atomic mass is 10.2. The maximum Gasteiger partial charge on any atom is 0.326 e. The molecule has 0 amide bonds. The summed E-state index contributed by atoms with van der Waals surface area (Å²) >= 11 is 0. The van der Waals surface area contributed by atoms with E-state index in [9.17, 15) is 4.79 Å². The summed E-state index contributed by atoms with van der Waals surface area (Å²) < 4.78 is 0. The van der Waals surface area contributed by atoms with Crippen LogP contribution in [0.3, 0.4) is 0 Å². The van der Waals surface area contributed by atoms with E-state index in [2.05, 4.69) is 5.32 Å². The average molecular weight is 130 g/mol. The SMILES string of the molecule is O=C(O)[C]1CC(O)CN1. The molecule has 0 aromatic carbocycles. The number of carboxylic acids is 1. The molecule has 51 valence electrons. The lowest BCUT2D eigenvalue weighted by Gasteiger charge is -1.98. The normalized spacial score (nSPS) is 28.8. The van der Waals surface area contributed by atoms with Crippen LogP contribution in [-0.2, 0) is 4.79 Å². The van der Waals surface area contributed by atoms with Gasteiger partial charge in [-0.2, -0.15) is 0 Å². The number of aliphatic hydroxyl groups is 1. The molecule has 1 atom stereocenters. The monoisotopic (exact) mass is 130 g/mol. The summed E-state index contributed by atoms with van der Waals surface area (Å²) in [6.45, 7) is 0.363. The van der Waals surface area contributed by atoms with Crippen LogP contribution in [0, 0.1) is 6.04 Å². The van der Waals surface area contributed by atoms with E-state index in [1.54, 1.807) is 0 Å². The van der Waals surface area contributed by atoms with Gasteiger partial charge in [0.15, 0.2) is 0 Å². The maximum absolute atomic E-state index is 10.1. The molecule has 0 spiro atoms. The fraction of sp³-hybridized carbons (Fsp3) is 0.600. The number of aliphatic hydroxyl groups excluding tert-OH is 1. The summed E-state index contributed by atoms with van der Waals surface area (Å²) in [4.78, 5) is 10.1. The predicted molar refractivity (Wildman–Crippen MR) is 29.5 cm³/mol. The smallest absolute Gasteiger partial charge is 0.326 e. The van der Waals surface area contributed by atoms with Crippen molar-refractivity contribution in [2.45, 2.75) is 12.5 Å². The van der Waals surface area contributed by atoms with Gasteiger partial charge in [-0.25, -0.2) is 0 Å². The molecule has 0 aromatic heterocycles. The lowest BCUT2D eigenvalue weighted by molar-refractivity contribution is -0.135. The van der Waals surface area contributed by atoms with Gasteiger partial charge in [0.25, 0.3) is 0 Å². The van der Waals surface area contributed by atoms with E-state index < -0.39 is 12.1 Å². The van der Waals surface area contributed by atoms with Crippen LogP contribution in [0.4, 0.5) is 0 Å². The van der Waals surface area contributed by atoms with E-state index in [-0.39, 0.29) is 12.5 Å². The fourth-order valence-electron chi connectivity index (χ4n) is 0.784. The molecule has 0 saturated carbocycles. The first-order valence-corrected chi connectivity index (χ1v) is 2.71. The highest BCUT2D eigenvalue weighted by Gasteiger charge is 2.28. The van der Waals surface area contributed by atoms with Crippen LogP contribution in [0.1, 0.15) is 6.42 Å². The number of carbonyl (C=O) groups is 1. The van der Waals surface area contributed by atoms with Crippen molar-refractivity contribution in [2.75, 3.05) is 6.54 Å². The van der Waals surface area contributed by atoms with Gasteiger partial charge in [0.1, 0.15) is 6.04 Å². The topological polar surface area (TPSA) is 69.6 Å². The minimum absolute atomic E-state index is 0.211. The average Bonchev–Trinajstić information content (AvgIpc) is 2.14. The van der Waals surface area contributed by atoms with Crippen LogP contribution in [0.5, 0.6) is 0 Å². The summed E-state index contributed by atoms with van der Waals surface area (Å²) in [5.74, 6) is -0.966. The van der Waals surface area contributed by atoms with Crippen molar-refractivity contribution in [3.63, 3.8) is 0 Å². The Bertz CT molecular complexity index is 125. The van der Waals surface area contributed by atoms with Crippen LogP contribution in [0.2, 0.25) is 0 Å². The van der Waals surface area contributed by atoms with Gasteiger partial charge in [0.05, 0.1) is 6.10 Å². The molecule has 1 radical (unpaired) electrons. The zero-order valence-electron chi connectivity index (χ0n) is 4.79. The zero-order chi connectivity index (χ0) is 6.85. The van der Waals surface area contributed by atoms with Gasteiger partial charge in [-0.05, 0) is 0 Å². The van der Waals surface area contributed by atoms with Crippen molar-refractivity contribution in [1.82, 2.24) is 5.32 Å². The standard InChI is InChI=1S/C5H8NO3/c7-3-1-4(5(8)9)6-2-3/h3,6-7H,1-2H2,(H,8,9). The molecule has 1 fully saturated rings. The van der Waals surface area contributed by atoms with E-state index in [0.29, 0.717) is 6.54 Å². The van der Waals surface area contributed by atoms with Crippen LogP contribution < -0.4 is 5.32 Å². The minimum atomic E-state index is -0.966. The number of aliphatic carboxylic acids is 1. The number of hydrogen-bond acceptors (Lipinski definition) is 3. The molecule has 0 aliphatic carbocycles. The molecule has 0 bridgehead atoms. The molecule has 3 N–H and O–H groups in total. The summed E-state index contributed by atoms with van der Waals surface area (Å²) in [5, 5.41) is 19.7. The van der Waals surface area contributed by atoms with Crippen molar-refractivity contribution in [3.8, 4) is 0 Å². The molecular formula is C5H8NO3. The lowest BCUT2D eigenvalue weighted by Crippen LogP contribution is -2.21. The van der Waals surface area contributed by atoms with E-state index in [4.69, 9.17) is 10.2 Å². The fourth-order valence-corrected chi connectivity index (χ4v) is 0.784. The molecule has 1 rings (SSSR count).